The number of carbonyl (C=O) groups is 1. The van der Waals surface area contributed by atoms with Gasteiger partial charge in [-0.1, -0.05) is 22.6 Å². The molecule has 1 amide bonds. The zero-order chi connectivity index (χ0) is 22.9. The van der Waals surface area contributed by atoms with Gasteiger partial charge in [-0.2, -0.15) is 5.10 Å². The van der Waals surface area contributed by atoms with Crippen LogP contribution in [0.5, 0.6) is 5.75 Å². The first-order valence-corrected chi connectivity index (χ1v) is 13.2. The number of amides is 1. The van der Waals surface area contributed by atoms with Crippen molar-refractivity contribution in [3.8, 4) is 5.75 Å². The zero-order valence-corrected chi connectivity index (χ0v) is 21.0. The van der Waals surface area contributed by atoms with Gasteiger partial charge in [-0.05, 0) is 73.5 Å². The quantitative estimate of drug-likeness (QED) is 0.312. The summed E-state index contributed by atoms with van der Waals surface area (Å²) < 4.78 is 10.5. The highest BCUT2D eigenvalue weighted by Crippen LogP contribution is 2.36. The lowest BCUT2D eigenvalue weighted by atomic mass is 9.85. The fourth-order valence-corrected chi connectivity index (χ4v) is 5.77. The van der Waals surface area contributed by atoms with Gasteiger partial charge < -0.3 is 14.6 Å². The van der Waals surface area contributed by atoms with Gasteiger partial charge in [0.15, 0.2) is 0 Å². The van der Waals surface area contributed by atoms with Crippen LogP contribution in [0, 0.1) is 5.92 Å². The smallest absolute Gasteiger partial charge is 0.274 e. The molecule has 5 rings (SSSR count). The number of ether oxygens (including phenoxy) is 1. The molecule has 8 heteroatoms. The Bertz CT molecular complexity index is 1220. The summed E-state index contributed by atoms with van der Waals surface area (Å²) in [4.78, 5) is 25.9. The number of nitrogens with zero attached hydrogens (tertiary/aromatic N) is 3. The van der Waals surface area contributed by atoms with Crippen molar-refractivity contribution in [2.24, 2.45) is 5.92 Å². The van der Waals surface area contributed by atoms with Gasteiger partial charge in [0.1, 0.15) is 11.4 Å². The number of aromatic nitrogens is 3. The lowest BCUT2D eigenvalue weighted by Gasteiger charge is -2.28. The summed E-state index contributed by atoms with van der Waals surface area (Å²) in [6.07, 6.45) is 11.9. The number of hydrogen-bond donors (Lipinski definition) is 1. The van der Waals surface area contributed by atoms with Crippen LogP contribution in [0.2, 0.25) is 0 Å². The molecule has 2 aliphatic carbocycles. The molecule has 33 heavy (non-hydrogen) atoms. The topological polar surface area (TPSA) is 78.2 Å². The van der Waals surface area contributed by atoms with Gasteiger partial charge in [0.2, 0.25) is 0 Å². The molecule has 174 valence electrons. The number of anilines is 1. The van der Waals surface area contributed by atoms with Crippen LogP contribution in [0.1, 0.15) is 67.4 Å². The first-order valence-electron chi connectivity index (χ1n) is 11.7. The fraction of sp³-hybridized carbons (Fsp3) is 0.480. The number of carbonyl (C=O) groups excluding carboxylic acids is 1. The molecule has 2 aliphatic rings. The molecular weight excluding hydrogens is 531 g/mol. The van der Waals surface area contributed by atoms with E-state index in [2.05, 4.69) is 32.6 Å². The second-order valence-corrected chi connectivity index (χ2v) is 10.3. The normalized spacial score (nSPS) is 20.7. The Morgan fingerprint density at radius 3 is 2.64 bits per heavy atom. The molecule has 0 radical (unpaired) electrons. The van der Waals surface area contributed by atoms with Crippen LogP contribution in [0.4, 0.5) is 5.69 Å². The summed E-state index contributed by atoms with van der Waals surface area (Å²) in [5.41, 5.74) is 1.33. The average molecular weight is 560 g/mol. The van der Waals surface area contributed by atoms with Gasteiger partial charge in [0, 0.05) is 29.9 Å². The highest BCUT2D eigenvalue weighted by atomic mass is 127. The van der Waals surface area contributed by atoms with Gasteiger partial charge in [0.25, 0.3) is 11.5 Å². The molecule has 1 N–H and O–H groups in total. The Labute approximate surface area is 206 Å². The SMILES string of the molecule is COc1cc2nn(C3CCC(CCI)CC3)cc2cc1C(=O)Nc1cccn(C2CC2)c1=O. The molecule has 3 aromatic rings. The maximum Gasteiger partial charge on any atom is 0.274 e. The van der Waals surface area contributed by atoms with E-state index in [0.29, 0.717) is 17.4 Å². The molecule has 1 aromatic carbocycles. The third kappa shape index (κ3) is 4.67. The third-order valence-electron chi connectivity index (χ3n) is 6.96. The number of benzene rings is 1. The highest BCUT2D eigenvalue weighted by Gasteiger charge is 2.26. The molecule has 0 atom stereocenters. The largest absolute Gasteiger partial charge is 0.496 e. The van der Waals surface area contributed by atoms with Gasteiger partial charge in [-0.25, -0.2) is 0 Å². The van der Waals surface area contributed by atoms with E-state index >= 15 is 0 Å². The minimum Gasteiger partial charge on any atom is -0.496 e. The first kappa shape index (κ1) is 22.4. The number of halogens is 1. The van der Waals surface area contributed by atoms with Crippen molar-refractivity contribution in [1.29, 1.82) is 0 Å². The number of rotatable bonds is 7. The summed E-state index contributed by atoms with van der Waals surface area (Å²) in [7, 11) is 1.55. The summed E-state index contributed by atoms with van der Waals surface area (Å²) in [6, 6.07) is 7.73. The van der Waals surface area contributed by atoms with Gasteiger partial charge >= 0.3 is 0 Å². The van der Waals surface area contributed by atoms with Crippen molar-refractivity contribution in [3.63, 3.8) is 0 Å². The fourth-order valence-electron chi connectivity index (χ4n) is 4.89. The number of hydrogen-bond acceptors (Lipinski definition) is 4. The second-order valence-electron chi connectivity index (χ2n) is 9.19. The van der Waals surface area contributed by atoms with Crippen LogP contribution >= 0.6 is 22.6 Å². The van der Waals surface area contributed by atoms with E-state index in [1.807, 2.05) is 18.3 Å². The standard InChI is InChI=1S/C25H29IN4O3/c1-33-23-14-22-17(15-30(28-22)19-6-4-16(5-7-19)10-11-26)13-20(23)24(31)27-21-3-2-12-29(25(21)32)18-8-9-18/h2-3,12-16,18-19H,4-11H2,1H3,(H,27,31). The van der Waals surface area contributed by atoms with Crippen LogP contribution in [-0.4, -0.2) is 31.8 Å². The molecule has 2 fully saturated rings. The molecular formula is C25H29IN4O3. The van der Waals surface area contributed by atoms with Crippen LogP contribution in [0.15, 0.2) is 41.5 Å². The maximum atomic E-state index is 13.1. The minimum absolute atomic E-state index is 0.167. The van der Waals surface area contributed by atoms with Gasteiger partial charge in [-0.15, -0.1) is 0 Å². The predicted molar refractivity (Wildman–Crippen MR) is 138 cm³/mol. The maximum absolute atomic E-state index is 13.1. The third-order valence-corrected chi connectivity index (χ3v) is 7.58. The van der Waals surface area contributed by atoms with Crippen molar-refractivity contribution in [1.82, 2.24) is 14.3 Å². The lowest BCUT2D eigenvalue weighted by Crippen LogP contribution is -2.25. The molecule has 0 spiro atoms. The van der Waals surface area contributed by atoms with E-state index in [9.17, 15) is 9.59 Å². The zero-order valence-electron chi connectivity index (χ0n) is 18.8. The molecule has 0 aliphatic heterocycles. The average Bonchev–Trinajstić information content (AvgIpc) is 3.58. The van der Waals surface area contributed by atoms with E-state index in [1.54, 1.807) is 30.0 Å². The van der Waals surface area contributed by atoms with Crippen molar-refractivity contribution in [2.75, 3.05) is 16.9 Å². The molecule has 7 nitrogen and oxygen atoms in total. The van der Waals surface area contributed by atoms with Crippen LogP contribution in [-0.2, 0) is 0 Å². The summed E-state index contributed by atoms with van der Waals surface area (Å²) in [5.74, 6) is 0.932. The molecule has 0 saturated heterocycles. The predicted octanol–water partition coefficient (Wildman–Crippen LogP) is 5.35. The Morgan fingerprint density at radius 2 is 1.94 bits per heavy atom. The monoisotopic (exact) mass is 560 g/mol. The number of methoxy groups -OCH3 is 1. The Kier molecular flexibility index (Phi) is 6.44. The first-order chi connectivity index (χ1) is 16.1. The van der Waals surface area contributed by atoms with Gasteiger partial charge in [0.05, 0.1) is 24.2 Å². The Balaban J connectivity index is 1.39. The molecule has 2 saturated carbocycles. The Hall–Kier alpha value is -2.36. The summed E-state index contributed by atoms with van der Waals surface area (Å²) >= 11 is 2.47. The summed E-state index contributed by atoms with van der Waals surface area (Å²) in [6.45, 7) is 0. The van der Waals surface area contributed by atoms with Gasteiger partial charge in [-0.3, -0.25) is 14.3 Å². The van der Waals surface area contributed by atoms with E-state index in [1.165, 1.54) is 23.7 Å². The van der Waals surface area contributed by atoms with Crippen LogP contribution in [0.25, 0.3) is 10.9 Å². The minimum atomic E-state index is -0.355. The van der Waals surface area contributed by atoms with E-state index in [-0.39, 0.29) is 23.2 Å². The molecule has 2 heterocycles. The number of fused-ring (bicyclic) bond motifs is 1. The van der Waals surface area contributed by atoms with Crippen molar-refractivity contribution in [3.05, 3.63) is 52.6 Å². The Morgan fingerprint density at radius 1 is 1.18 bits per heavy atom. The van der Waals surface area contributed by atoms with Crippen molar-refractivity contribution < 1.29 is 9.53 Å². The van der Waals surface area contributed by atoms with Crippen LogP contribution in [0.3, 0.4) is 0 Å². The second kappa shape index (κ2) is 9.48. The molecule has 2 aromatic heterocycles. The molecule has 0 bridgehead atoms. The summed E-state index contributed by atoms with van der Waals surface area (Å²) in [5, 5.41) is 8.50. The highest BCUT2D eigenvalue weighted by molar-refractivity contribution is 14.1. The number of alkyl halides is 1. The van der Waals surface area contributed by atoms with E-state index in [4.69, 9.17) is 9.84 Å². The van der Waals surface area contributed by atoms with Crippen molar-refractivity contribution in [2.45, 2.75) is 57.0 Å². The van der Waals surface area contributed by atoms with E-state index in [0.717, 1.165) is 42.5 Å². The number of pyridine rings is 1. The van der Waals surface area contributed by atoms with Crippen molar-refractivity contribution >= 4 is 45.1 Å². The lowest BCUT2D eigenvalue weighted by molar-refractivity contribution is 0.102. The van der Waals surface area contributed by atoms with E-state index < -0.39 is 0 Å². The molecule has 0 unspecified atom stereocenters. The number of nitrogens with one attached hydrogen (secondary N) is 1. The van der Waals surface area contributed by atoms with Crippen LogP contribution < -0.4 is 15.6 Å².